The van der Waals surface area contributed by atoms with Crippen molar-refractivity contribution < 1.29 is 17.9 Å². The normalized spacial score (nSPS) is 31.1. The number of alkyl halides is 3. The van der Waals surface area contributed by atoms with Gasteiger partial charge in [-0.2, -0.15) is 18.4 Å². The molecule has 16 heavy (non-hydrogen) atoms. The highest BCUT2D eigenvalue weighted by Crippen LogP contribution is 2.31. The first-order valence-corrected chi connectivity index (χ1v) is 5.19. The molecule has 1 aliphatic carbocycles. The number of halogens is 3. The number of nitriles is 1. The summed E-state index contributed by atoms with van der Waals surface area (Å²) in [6.45, 7) is -1.15. The number of ether oxygens (including phenoxy) is 1. The Hall–Kier alpha value is -0.800. The highest BCUT2D eigenvalue weighted by molar-refractivity contribution is 5.14. The smallest absolute Gasteiger partial charge is 0.378 e. The maximum Gasteiger partial charge on any atom is 0.401 e. The molecule has 0 aromatic rings. The molecule has 1 rings (SSSR count). The molecule has 0 amide bonds. The van der Waals surface area contributed by atoms with E-state index in [1.165, 1.54) is 7.11 Å². The molecule has 0 aliphatic heterocycles. The molecular formula is C10H15F3N2O. The van der Waals surface area contributed by atoms with Gasteiger partial charge in [0.1, 0.15) is 5.54 Å². The van der Waals surface area contributed by atoms with Crippen LogP contribution >= 0.6 is 0 Å². The highest BCUT2D eigenvalue weighted by Gasteiger charge is 2.43. The molecule has 0 aromatic heterocycles. The second-order valence-electron chi connectivity index (χ2n) is 4.02. The topological polar surface area (TPSA) is 45.0 Å². The van der Waals surface area contributed by atoms with Crippen molar-refractivity contribution in [1.82, 2.24) is 5.32 Å². The predicted octanol–water partition coefficient (Wildman–Crippen LogP) is 1.99. The summed E-state index contributed by atoms with van der Waals surface area (Å²) in [6.07, 6.45) is -2.12. The van der Waals surface area contributed by atoms with Gasteiger partial charge in [-0.05, 0) is 12.8 Å². The van der Waals surface area contributed by atoms with Crippen LogP contribution in [0.15, 0.2) is 0 Å². The Morgan fingerprint density at radius 1 is 1.50 bits per heavy atom. The summed E-state index contributed by atoms with van der Waals surface area (Å²) in [6, 6.07) is 1.95. The van der Waals surface area contributed by atoms with Gasteiger partial charge < -0.3 is 4.74 Å². The molecular weight excluding hydrogens is 221 g/mol. The van der Waals surface area contributed by atoms with Crippen LogP contribution in [0, 0.1) is 11.3 Å². The monoisotopic (exact) mass is 236 g/mol. The van der Waals surface area contributed by atoms with Crippen LogP contribution in [0.3, 0.4) is 0 Å². The molecule has 0 radical (unpaired) electrons. The zero-order valence-corrected chi connectivity index (χ0v) is 9.10. The van der Waals surface area contributed by atoms with E-state index in [-0.39, 0.29) is 0 Å². The molecule has 0 saturated heterocycles. The van der Waals surface area contributed by atoms with Gasteiger partial charge in [0.05, 0.1) is 18.7 Å². The number of hydrogen-bond donors (Lipinski definition) is 1. The van der Waals surface area contributed by atoms with E-state index in [1.807, 2.05) is 6.07 Å². The van der Waals surface area contributed by atoms with Crippen molar-refractivity contribution in [2.24, 2.45) is 0 Å². The molecule has 1 aliphatic rings. The van der Waals surface area contributed by atoms with Crippen molar-refractivity contribution in [2.45, 2.75) is 43.5 Å². The van der Waals surface area contributed by atoms with Crippen molar-refractivity contribution in [3.05, 3.63) is 0 Å². The van der Waals surface area contributed by atoms with E-state index in [2.05, 4.69) is 5.32 Å². The Labute approximate surface area is 92.6 Å². The SMILES string of the molecule is COC1CCCCC1(C#N)NCC(F)(F)F. The average Bonchev–Trinajstić information content (AvgIpc) is 2.25. The Bertz CT molecular complexity index is 274. The molecule has 3 nitrogen and oxygen atoms in total. The van der Waals surface area contributed by atoms with E-state index in [0.717, 1.165) is 12.8 Å². The van der Waals surface area contributed by atoms with Gasteiger partial charge in [0.15, 0.2) is 0 Å². The van der Waals surface area contributed by atoms with Gasteiger partial charge in [0, 0.05) is 7.11 Å². The molecule has 2 atom stereocenters. The summed E-state index contributed by atoms with van der Waals surface area (Å²) in [5.41, 5.74) is -1.19. The van der Waals surface area contributed by atoms with Gasteiger partial charge in [0.2, 0.25) is 0 Å². The molecule has 2 unspecified atom stereocenters. The van der Waals surface area contributed by atoms with Crippen molar-refractivity contribution in [2.75, 3.05) is 13.7 Å². The number of nitrogens with one attached hydrogen (secondary N) is 1. The van der Waals surface area contributed by atoms with Crippen LogP contribution in [0.5, 0.6) is 0 Å². The van der Waals surface area contributed by atoms with Crippen molar-refractivity contribution in [1.29, 1.82) is 5.26 Å². The first kappa shape index (κ1) is 13.3. The zero-order valence-electron chi connectivity index (χ0n) is 9.10. The minimum Gasteiger partial charge on any atom is -0.378 e. The molecule has 0 spiro atoms. The lowest BCUT2D eigenvalue weighted by Gasteiger charge is -2.38. The van der Waals surface area contributed by atoms with Crippen LogP contribution in [0.4, 0.5) is 13.2 Å². The van der Waals surface area contributed by atoms with Crippen LogP contribution in [0.1, 0.15) is 25.7 Å². The van der Waals surface area contributed by atoms with Gasteiger partial charge in [0.25, 0.3) is 0 Å². The fourth-order valence-electron chi connectivity index (χ4n) is 2.09. The Balaban J connectivity index is 2.71. The van der Waals surface area contributed by atoms with E-state index < -0.39 is 24.4 Å². The highest BCUT2D eigenvalue weighted by atomic mass is 19.4. The van der Waals surface area contributed by atoms with Crippen LogP contribution in [0.2, 0.25) is 0 Å². The summed E-state index contributed by atoms with van der Waals surface area (Å²) in [5.74, 6) is 0. The Kier molecular flexibility index (Phi) is 4.16. The van der Waals surface area contributed by atoms with Gasteiger partial charge in [-0.15, -0.1) is 0 Å². The third kappa shape index (κ3) is 3.09. The summed E-state index contributed by atoms with van der Waals surface area (Å²) in [4.78, 5) is 0. The molecule has 0 bridgehead atoms. The third-order valence-corrected chi connectivity index (χ3v) is 2.93. The summed E-state index contributed by atoms with van der Waals surface area (Å²) < 4.78 is 41.5. The van der Waals surface area contributed by atoms with E-state index in [1.54, 1.807) is 0 Å². The predicted molar refractivity (Wildman–Crippen MR) is 51.7 cm³/mol. The van der Waals surface area contributed by atoms with E-state index in [0.29, 0.717) is 12.8 Å². The van der Waals surface area contributed by atoms with Crippen LogP contribution in [-0.2, 0) is 4.74 Å². The lowest BCUT2D eigenvalue weighted by molar-refractivity contribution is -0.132. The van der Waals surface area contributed by atoms with Crippen LogP contribution < -0.4 is 5.32 Å². The van der Waals surface area contributed by atoms with Gasteiger partial charge >= 0.3 is 6.18 Å². The standard InChI is InChI=1S/C10H15F3N2O/c1-16-8-4-2-3-5-9(8,6-14)15-7-10(11,12)13/h8,15H,2-5,7H2,1H3. The fraction of sp³-hybridized carbons (Fsp3) is 0.900. The number of hydrogen-bond acceptors (Lipinski definition) is 3. The molecule has 1 fully saturated rings. The average molecular weight is 236 g/mol. The molecule has 1 saturated carbocycles. The Morgan fingerprint density at radius 2 is 2.19 bits per heavy atom. The summed E-state index contributed by atoms with van der Waals surface area (Å²) in [5, 5.41) is 11.4. The van der Waals surface area contributed by atoms with Crippen LogP contribution in [-0.4, -0.2) is 31.5 Å². The first-order valence-electron chi connectivity index (χ1n) is 5.19. The summed E-state index contributed by atoms with van der Waals surface area (Å²) in [7, 11) is 1.43. The van der Waals surface area contributed by atoms with Gasteiger partial charge in [-0.25, -0.2) is 0 Å². The number of nitrogens with zero attached hydrogens (tertiary/aromatic N) is 1. The van der Waals surface area contributed by atoms with Crippen molar-refractivity contribution in [3.63, 3.8) is 0 Å². The second kappa shape index (κ2) is 5.02. The first-order chi connectivity index (χ1) is 7.43. The maximum atomic E-state index is 12.1. The number of methoxy groups -OCH3 is 1. The van der Waals surface area contributed by atoms with E-state index in [4.69, 9.17) is 10.00 Å². The molecule has 1 N–H and O–H groups in total. The van der Waals surface area contributed by atoms with Crippen molar-refractivity contribution >= 4 is 0 Å². The zero-order chi connectivity index (χ0) is 12.2. The van der Waals surface area contributed by atoms with E-state index in [9.17, 15) is 13.2 Å². The Morgan fingerprint density at radius 3 is 2.69 bits per heavy atom. The summed E-state index contributed by atoms with van der Waals surface area (Å²) >= 11 is 0. The molecule has 92 valence electrons. The lowest BCUT2D eigenvalue weighted by atomic mass is 9.80. The van der Waals surface area contributed by atoms with Crippen molar-refractivity contribution in [3.8, 4) is 6.07 Å². The maximum absolute atomic E-state index is 12.1. The quantitative estimate of drug-likeness (QED) is 0.815. The van der Waals surface area contributed by atoms with Crippen LogP contribution in [0.25, 0.3) is 0 Å². The van der Waals surface area contributed by atoms with Gasteiger partial charge in [-0.1, -0.05) is 12.8 Å². The molecule has 6 heteroatoms. The fourth-order valence-corrected chi connectivity index (χ4v) is 2.09. The largest absolute Gasteiger partial charge is 0.401 e. The van der Waals surface area contributed by atoms with E-state index >= 15 is 0 Å². The third-order valence-electron chi connectivity index (χ3n) is 2.93. The molecule has 0 aromatic carbocycles. The lowest BCUT2D eigenvalue weighted by Crippen LogP contribution is -2.57. The second-order valence-corrected chi connectivity index (χ2v) is 4.02. The van der Waals surface area contributed by atoms with Gasteiger partial charge in [-0.3, -0.25) is 5.32 Å². The minimum atomic E-state index is -4.31. The number of rotatable bonds is 3. The minimum absolute atomic E-state index is 0.401. The molecule has 0 heterocycles.